The zero-order chi connectivity index (χ0) is 29.2. The molecule has 0 spiro atoms. The summed E-state index contributed by atoms with van der Waals surface area (Å²) in [5.41, 5.74) is 11.7. The highest BCUT2D eigenvalue weighted by Crippen LogP contribution is 2.53. The van der Waals surface area contributed by atoms with Crippen molar-refractivity contribution in [2.75, 3.05) is 0 Å². The van der Waals surface area contributed by atoms with Crippen LogP contribution in [0.4, 0.5) is 0 Å². The van der Waals surface area contributed by atoms with E-state index in [1.165, 1.54) is 93.2 Å². The minimum Gasteiger partial charge on any atom is -0.309 e. The molecule has 1 nitrogen and oxygen atoms in total. The quantitative estimate of drug-likeness (QED) is 0.186. The number of nitrogens with zero attached hydrogens (tertiary/aromatic N) is 1. The van der Waals surface area contributed by atoms with Crippen molar-refractivity contribution in [1.82, 2.24) is 4.57 Å². The SMILES string of the molecule is CC1(C)c2ccccc2-c2ccc3c4ccccc4n(-c4ccc(-c5ccc6ccc7cccc8ccc5c6c78)cc4)c3c21. The highest BCUT2D eigenvalue weighted by Gasteiger charge is 2.38. The molecule has 0 saturated carbocycles. The van der Waals surface area contributed by atoms with Crippen molar-refractivity contribution in [2.45, 2.75) is 19.3 Å². The Bertz CT molecular complexity index is 2600. The summed E-state index contributed by atoms with van der Waals surface area (Å²) in [7, 11) is 0. The lowest BCUT2D eigenvalue weighted by Gasteiger charge is -2.23. The zero-order valence-corrected chi connectivity index (χ0v) is 24.7. The van der Waals surface area contributed by atoms with Gasteiger partial charge in [-0.1, -0.05) is 135 Å². The van der Waals surface area contributed by atoms with Gasteiger partial charge >= 0.3 is 0 Å². The van der Waals surface area contributed by atoms with Gasteiger partial charge < -0.3 is 4.57 Å². The van der Waals surface area contributed by atoms with E-state index in [2.05, 4.69) is 158 Å². The molecule has 0 fully saturated rings. The molecule has 1 aliphatic rings. The molecule has 1 heteroatoms. The Morgan fingerprint density at radius 2 is 1.11 bits per heavy atom. The molecule has 44 heavy (non-hydrogen) atoms. The molecular weight excluding hydrogens is 530 g/mol. The summed E-state index contributed by atoms with van der Waals surface area (Å²) >= 11 is 0. The smallest absolute Gasteiger partial charge is 0.0588 e. The standard InChI is InChI=1S/C43H29N/c1-43(2)37-12-5-3-10-32(37)35-24-25-36-33-11-4-6-13-38(33)44(42(36)41(35)43)30-20-16-26(17-21-30)31-22-18-29-15-14-27-8-7-9-28-19-23-34(31)40(29)39(27)28/h3-25H,1-2H3. The van der Waals surface area contributed by atoms with Crippen molar-refractivity contribution in [3.05, 3.63) is 151 Å². The van der Waals surface area contributed by atoms with E-state index in [9.17, 15) is 0 Å². The molecule has 0 amide bonds. The summed E-state index contributed by atoms with van der Waals surface area (Å²) in [4.78, 5) is 0. The van der Waals surface area contributed by atoms with E-state index in [1.54, 1.807) is 0 Å². The van der Waals surface area contributed by atoms with Gasteiger partial charge in [0.15, 0.2) is 0 Å². The number of hydrogen-bond donors (Lipinski definition) is 0. The zero-order valence-electron chi connectivity index (χ0n) is 24.7. The molecule has 1 heterocycles. The molecule has 1 aliphatic carbocycles. The normalized spacial score (nSPS) is 13.9. The van der Waals surface area contributed by atoms with Gasteiger partial charge in [0.1, 0.15) is 0 Å². The Kier molecular flexibility index (Phi) is 4.58. The van der Waals surface area contributed by atoms with Crippen LogP contribution in [-0.4, -0.2) is 4.57 Å². The van der Waals surface area contributed by atoms with Crippen LogP contribution >= 0.6 is 0 Å². The molecule has 0 bridgehead atoms. The molecule has 1 aromatic heterocycles. The second-order valence-electron chi connectivity index (χ2n) is 12.9. The fraction of sp³-hybridized carbons (Fsp3) is 0.0698. The largest absolute Gasteiger partial charge is 0.309 e. The lowest BCUT2D eigenvalue weighted by molar-refractivity contribution is 0.664. The fourth-order valence-electron chi connectivity index (χ4n) is 8.36. The van der Waals surface area contributed by atoms with Crippen molar-refractivity contribution in [1.29, 1.82) is 0 Å². The molecule has 0 N–H and O–H groups in total. The van der Waals surface area contributed by atoms with Crippen LogP contribution in [0.2, 0.25) is 0 Å². The molecule has 0 unspecified atom stereocenters. The number of hydrogen-bond acceptors (Lipinski definition) is 0. The first kappa shape index (κ1) is 24.1. The third-order valence-corrected chi connectivity index (χ3v) is 10.3. The van der Waals surface area contributed by atoms with Gasteiger partial charge in [0.05, 0.1) is 11.0 Å². The maximum Gasteiger partial charge on any atom is 0.0588 e. The molecule has 206 valence electrons. The molecule has 10 rings (SSSR count). The van der Waals surface area contributed by atoms with Crippen LogP contribution in [0.3, 0.4) is 0 Å². The Morgan fingerprint density at radius 1 is 0.455 bits per heavy atom. The lowest BCUT2D eigenvalue weighted by atomic mass is 9.81. The molecule has 0 saturated heterocycles. The number of para-hydroxylation sites is 1. The van der Waals surface area contributed by atoms with Gasteiger partial charge in [-0.2, -0.15) is 0 Å². The highest BCUT2D eigenvalue weighted by atomic mass is 15.0. The van der Waals surface area contributed by atoms with E-state index in [4.69, 9.17) is 0 Å². The van der Waals surface area contributed by atoms with Gasteiger partial charge in [-0.05, 0) is 83.9 Å². The summed E-state index contributed by atoms with van der Waals surface area (Å²) in [6.45, 7) is 4.77. The maximum atomic E-state index is 2.50. The summed E-state index contributed by atoms with van der Waals surface area (Å²) in [6, 6.07) is 52.0. The predicted octanol–water partition coefficient (Wildman–Crippen LogP) is 11.7. The van der Waals surface area contributed by atoms with Gasteiger partial charge in [-0.25, -0.2) is 0 Å². The molecule has 0 aliphatic heterocycles. The minimum atomic E-state index is -0.0980. The summed E-state index contributed by atoms with van der Waals surface area (Å²) in [5, 5.41) is 10.6. The van der Waals surface area contributed by atoms with Crippen molar-refractivity contribution < 1.29 is 0 Å². The van der Waals surface area contributed by atoms with Gasteiger partial charge in [0.2, 0.25) is 0 Å². The molecule has 0 radical (unpaired) electrons. The van der Waals surface area contributed by atoms with E-state index in [0.29, 0.717) is 0 Å². The Morgan fingerprint density at radius 3 is 1.95 bits per heavy atom. The topological polar surface area (TPSA) is 4.93 Å². The lowest BCUT2D eigenvalue weighted by Crippen LogP contribution is -2.16. The summed E-state index contributed by atoms with van der Waals surface area (Å²) < 4.78 is 2.50. The maximum absolute atomic E-state index is 2.50. The van der Waals surface area contributed by atoms with Crippen LogP contribution in [0.15, 0.2) is 140 Å². The number of fused-ring (bicyclic) bond motifs is 7. The van der Waals surface area contributed by atoms with Crippen molar-refractivity contribution >= 4 is 54.1 Å². The first-order valence-corrected chi connectivity index (χ1v) is 15.5. The van der Waals surface area contributed by atoms with Crippen LogP contribution in [0.1, 0.15) is 25.0 Å². The van der Waals surface area contributed by atoms with Crippen molar-refractivity contribution in [2.24, 2.45) is 0 Å². The minimum absolute atomic E-state index is 0.0980. The first-order valence-electron chi connectivity index (χ1n) is 15.5. The van der Waals surface area contributed by atoms with Crippen LogP contribution in [0.25, 0.3) is 82.1 Å². The second-order valence-corrected chi connectivity index (χ2v) is 12.9. The average Bonchev–Trinajstić information content (AvgIpc) is 3.52. The number of benzene rings is 8. The number of rotatable bonds is 2. The summed E-state index contributed by atoms with van der Waals surface area (Å²) in [5.74, 6) is 0. The predicted molar refractivity (Wildman–Crippen MR) is 187 cm³/mol. The van der Waals surface area contributed by atoms with Gasteiger partial charge in [0, 0.05) is 21.9 Å². The van der Waals surface area contributed by atoms with Crippen LogP contribution in [0, 0.1) is 0 Å². The average molecular weight is 560 g/mol. The summed E-state index contributed by atoms with van der Waals surface area (Å²) in [6.07, 6.45) is 0. The Hall–Kier alpha value is -5.40. The second kappa shape index (κ2) is 8.36. The van der Waals surface area contributed by atoms with Gasteiger partial charge in [0.25, 0.3) is 0 Å². The first-order chi connectivity index (χ1) is 21.6. The van der Waals surface area contributed by atoms with E-state index in [0.717, 1.165) is 0 Å². The monoisotopic (exact) mass is 559 g/mol. The molecule has 8 aromatic carbocycles. The molecule has 9 aromatic rings. The van der Waals surface area contributed by atoms with Gasteiger partial charge in [-0.15, -0.1) is 0 Å². The van der Waals surface area contributed by atoms with Gasteiger partial charge in [-0.3, -0.25) is 0 Å². The highest BCUT2D eigenvalue weighted by molar-refractivity contribution is 6.25. The third kappa shape index (κ3) is 2.99. The van der Waals surface area contributed by atoms with Crippen molar-refractivity contribution in [3.63, 3.8) is 0 Å². The van der Waals surface area contributed by atoms with E-state index in [-0.39, 0.29) is 5.41 Å². The van der Waals surface area contributed by atoms with E-state index >= 15 is 0 Å². The van der Waals surface area contributed by atoms with Crippen LogP contribution in [0.5, 0.6) is 0 Å². The number of aromatic nitrogens is 1. The third-order valence-electron chi connectivity index (χ3n) is 10.3. The molecule has 0 atom stereocenters. The Balaban J connectivity index is 1.21. The van der Waals surface area contributed by atoms with Crippen LogP contribution in [-0.2, 0) is 5.41 Å². The fourth-order valence-corrected chi connectivity index (χ4v) is 8.36. The van der Waals surface area contributed by atoms with E-state index < -0.39 is 0 Å². The molecular formula is C43H29N. The van der Waals surface area contributed by atoms with Crippen LogP contribution < -0.4 is 0 Å². The van der Waals surface area contributed by atoms with E-state index in [1.807, 2.05) is 0 Å². The Labute approximate surface area is 255 Å². The van der Waals surface area contributed by atoms with Crippen molar-refractivity contribution in [3.8, 4) is 27.9 Å².